The molecule has 2 rings (SSSR count). The summed E-state index contributed by atoms with van der Waals surface area (Å²) in [5.41, 5.74) is 0. The van der Waals surface area contributed by atoms with Gasteiger partial charge in [0.05, 0.1) is 5.02 Å². The van der Waals surface area contributed by atoms with Crippen molar-refractivity contribution in [3.8, 4) is 0 Å². The fourth-order valence-corrected chi connectivity index (χ4v) is 3.47. The maximum Gasteiger partial charge on any atom is 0.220 e. The number of halogens is 2. The van der Waals surface area contributed by atoms with Crippen LogP contribution in [0.15, 0.2) is 29.2 Å². The number of carbonyl (C=O) groups is 1. The van der Waals surface area contributed by atoms with Gasteiger partial charge < -0.3 is 10.6 Å². The fourth-order valence-electron chi connectivity index (χ4n) is 2.28. The molecule has 0 bridgehead atoms. The minimum absolute atomic E-state index is 0. The first kappa shape index (κ1) is 18.6. The molecule has 118 valence electrons. The van der Waals surface area contributed by atoms with Crippen LogP contribution < -0.4 is 10.6 Å². The Morgan fingerprint density at radius 2 is 2.24 bits per heavy atom. The van der Waals surface area contributed by atoms with Crippen molar-refractivity contribution in [2.45, 2.75) is 24.2 Å². The van der Waals surface area contributed by atoms with E-state index < -0.39 is 0 Å². The number of benzene rings is 1. The molecular weight excluding hydrogens is 327 g/mol. The highest BCUT2D eigenvalue weighted by Gasteiger charge is 2.14. The molecule has 0 radical (unpaired) electrons. The van der Waals surface area contributed by atoms with Crippen LogP contribution in [0, 0.1) is 5.92 Å². The Kier molecular flexibility index (Phi) is 9.16. The van der Waals surface area contributed by atoms with E-state index in [1.807, 2.05) is 24.3 Å². The molecule has 0 aliphatic carbocycles. The summed E-state index contributed by atoms with van der Waals surface area (Å²) in [5, 5.41) is 7.09. The lowest BCUT2D eigenvalue weighted by Crippen LogP contribution is -2.26. The van der Waals surface area contributed by atoms with Gasteiger partial charge >= 0.3 is 0 Å². The van der Waals surface area contributed by atoms with Crippen LogP contribution in [0.4, 0.5) is 0 Å². The lowest BCUT2D eigenvalue weighted by Gasteiger charge is -2.09. The van der Waals surface area contributed by atoms with E-state index in [9.17, 15) is 4.79 Å². The van der Waals surface area contributed by atoms with Gasteiger partial charge in [0.2, 0.25) is 5.91 Å². The van der Waals surface area contributed by atoms with Crippen molar-refractivity contribution >= 4 is 41.7 Å². The zero-order chi connectivity index (χ0) is 14.2. The van der Waals surface area contributed by atoms with Crippen LogP contribution in [0.1, 0.15) is 19.3 Å². The smallest absolute Gasteiger partial charge is 0.220 e. The lowest BCUT2D eigenvalue weighted by atomic mass is 10.1. The highest BCUT2D eigenvalue weighted by atomic mass is 35.5. The first-order chi connectivity index (χ1) is 9.75. The summed E-state index contributed by atoms with van der Waals surface area (Å²) in [6.45, 7) is 3.01. The maximum absolute atomic E-state index is 11.7. The van der Waals surface area contributed by atoms with Crippen molar-refractivity contribution in [1.29, 1.82) is 0 Å². The first-order valence-electron chi connectivity index (χ1n) is 7.10. The molecule has 1 aromatic carbocycles. The van der Waals surface area contributed by atoms with E-state index in [0.29, 0.717) is 6.42 Å². The molecule has 1 atom stereocenters. The van der Waals surface area contributed by atoms with E-state index in [1.165, 1.54) is 6.42 Å². The van der Waals surface area contributed by atoms with Crippen LogP contribution in [-0.2, 0) is 4.79 Å². The number of rotatable bonds is 7. The molecule has 0 aromatic heterocycles. The summed E-state index contributed by atoms with van der Waals surface area (Å²) in [6.07, 6.45) is 2.85. The predicted octanol–water partition coefficient (Wildman–Crippen LogP) is 3.36. The van der Waals surface area contributed by atoms with Crippen LogP contribution in [-0.4, -0.2) is 31.3 Å². The fraction of sp³-hybridized carbons (Fsp3) is 0.533. The van der Waals surface area contributed by atoms with E-state index in [0.717, 1.165) is 47.6 Å². The topological polar surface area (TPSA) is 41.1 Å². The van der Waals surface area contributed by atoms with Gasteiger partial charge in [0.15, 0.2) is 0 Å². The molecular formula is C15H22Cl2N2OS. The predicted molar refractivity (Wildman–Crippen MR) is 92.6 cm³/mol. The molecule has 21 heavy (non-hydrogen) atoms. The monoisotopic (exact) mass is 348 g/mol. The Morgan fingerprint density at radius 1 is 1.43 bits per heavy atom. The zero-order valence-corrected chi connectivity index (χ0v) is 14.3. The third kappa shape index (κ3) is 6.92. The van der Waals surface area contributed by atoms with Gasteiger partial charge in [0, 0.05) is 23.6 Å². The summed E-state index contributed by atoms with van der Waals surface area (Å²) < 4.78 is 0. The molecule has 1 aliphatic heterocycles. The SMILES string of the molecule is Cl.O=C(CCSc1ccccc1Cl)NCCC1CCNC1. The molecule has 0 spiro atoms. The summed E-state index contributed by atoms with van der Waals surface area (Å²) >= 11 is 7.70. The Morgan fingerprint density at radius 3 is 2.95 bits per heavy atom. The summed E-state index contributed by atoms with van der Waals surface area (Å²) in [5.74, 6) is 1.63. The Bertz CT molecular complexity index is 439. The van der Waals surface area contributed by atoms with Gasteiger partial charge in [-0.25, -0.2) is 0 Å². The Labute approximate surface area is 142 Å². The quantitative estimate of drug-likeness (QED) is 0.742. The first-order valence-corrected chi connectivity index (χ1v) is 8.47. The summed E-state index contributed by atoms with van der Waals surface area (Å²) in [7, 11) is 0. The van der Waals surface area contributed by atoms with Crippen molar-refractivity contribution in [3.05, 3.63) is 29.3 Å². The molecule has 1 heterocycles. The number of carbonyl (C=O) groups excluding carboxylic acids is 1. The Hall–Kier alpha value is -0.420. The molecule has 2 N–H and O–H groups in total. The standard InChI is InChI=1S/C15H21ClN2OS.ClH/c16-13-3-1-2-4-14(13)20-10-7-15(19)18-9-6-12-5-8-17-11-12;/h1-4,12,17H,5-11H2,(H,18,19);1H. The van der Waals surface area contributed by atoms with E-state index in [-0.39, 0.29) is 18.3 Å². The van der Waals surface area contributed by atoms with E-state index >= 15 is 0 Å². The molecule has 1 fully saturated rings. The second-order valence-electron chi connectivity index (χ2n) is 5.03. The maximum atomic E-state index is 11.7. The highest BCUT2D eigenvalue weighted by Crippen LogP contribution is 2.26. The van der Waals surface area contributed by atoms with Crippen molar-refractivity contribution in [2.75, 3.05) is 25.4 Å². The average Bonchev–Trinajstić information content (AvgIpc) is 2.94. The zero-order valence-electron chi connectivity index (χ0n) is 11.9. The number of nitrogens with one attached hydrogen (secondary N) is 2. The third-order valence-electron chi connectivity index (χ3n) is 3.46. The van der Waals surface area contributed by atoms with Gasteiger partial charge in [-0.1, -0.05) is 23.7 Å². The third-order valence-corrected chi connectivity index (χ3v) is 4.98. The van der Waals surface area contributed by atoms with Crippen LogP contribution >= 0.6 is 35.8 Å². The van der Waals surface area contributed by atoms with Crippen molar-refractivity contribution in [3.63, 3.8) is 0 Å². The van der Waals surface area contributed by atoms with Gasteiger partial charge in [0.1, 0.15) is 0 Å². The molecule has 1 unspecified atom stereocenters. The molecule has 1 saturated heterocycles. The van der Waals surface area contributed by atoms with Crippen LogP contribution in [0.25, 0.3) is 0 Å². The summed E-state index contributed by atoms with van der Waals surface area (Å²) in [6, 6.07) is 7.73. The summed E-state index contributed by atoms with van der Waals surface area (Å²) in [4.78, 5) is 12.8. The molecule has 1 amide bonds. The van der Waals surface area contributed by atoms with Crippen LogP contribution in [0.5, 0.6) is 0 Å². The van der Waals surface area contributed by atoms with Gasteiger partial charge in [0.25, 0.3) is 0 Å². The largest absolute Gasteiger partial charge is 0.356 e. The molecule has 0 saturated carbocycles. The van der Waals surface area contributed by atoms with E-state index in [4.69, 9.17) is 11.6 Å². The molecule has 1 aliphatic rings. The molecule has 3 nitrogen and oxygen atoms in total. The van der Waals surface area contributed by atoms with Crippen LogP contribution in [0.3, 0.4) is 0 Å². The average molecular weight is 349 g/mol. The van der Waals surface area contributed by atoms with Crippen molar-refractivity contribution in [2.24, 2.45) is 5.92 Å². The van der Waals surface area contributed by atoms with Gasteiger partial charge in [-0.3, -0.25) is 4.79 Å². The van der Waals surface area contributed by atoms with Gasteiger partial charge in [-0.15, -0.1) is 24.2 Å². The number of thioether (sulfide) groups is 1. The molecule has 1 aromatic rings. The minimum Gasteiger partial charge on any atom is -0.356 e. The van der Waals surface area contributed by atoms with Crippen LogP contribution in [0.2, 0.25) is 5.02 Å². The number of amides is 1. The second kappa shape index (κ2) is 10.3. The second-order valence-corrected chi connectivity index (χ2v) is 6.57. The highest BCUT2D eigenvalue weighted by molar-refractivity contribution is 7.99. The van der Waals surface area contributed by atoms with Gasteiger partial charge in [-0.2, -0.15) is 0 Å². The lowest BCUT2D eigenvalue weighted by molar-refractivity contribution is -0.120. The molecule has 6 heteroatoms. The van der Waals surface area contributed by atoms with E-state index in [1.54, 1.807) is 11.8 Å². The minimum atomic E-state index is 0. The van der Waals surface area contributed by atoms with Gasteiger partial charge in [-0.05, 0) is 44.0 Å². The Balaban J connectivity index is 0.00000220. The number of hydrogen-bond acceptors (Lipinski definition) is 3. The normalized spacial score (nSPS) is 17.3. The van der Waals surface area contributed by atoms with Crippen molar-refractivity contribution in [1.82, 2.24) is 10.6 Å². The van der Waals surface area contributed by atoms with Crippen molar-refractivity contribution < 1.29 is 4.79 Å². The number of hydrogen-bond donors (Lipinski definition) is 2. The van der Waals surface area contributed by atoms with E-state index in [2.05, 4.69) is 10.6 Å².